The zero-order valence-corrected chi connectivity index (χ0v) is 16.1. The van der Waals surface area contributed by atoms with Crippen molar-refractivity contribution < 1.29 is 18.7 Å². The van der Waals surface area contributed by atoms with Crippen molar-refractivity contribution in [3.8, 4) is 5.75 Å². The van der Waals surface area contributed by atoms with Crippen molar-refractivity contribution in [1.82, 2.24) is 10.2 Å². The minimum Gasteiger partial charge on any atom is -0.494 e. The minimum atomic E-state index is -0.471. The lowest BCUT2D eigenvalue weighted by Gasteiger charge is -2.21. The summed E-state index contributed by atoms with van der Waals surface area (Å²) in [5.41, 5.74) is 3.16. The summed E-state index contributed by atoms with van der Waals surface area (Å²) in [5, 5.41) is 2.66. The third-order valence-electron chi connectivity index (χ3n) is 4.21. The molecular weight excluding hydrogens is 347 g/mol. The van der Waals surface area contributed by atoms with E-state index in [0.29, 0.717) is 17.7 Å². The molecule has 0 unspecified atom stereocenters. The highest BCUT2D eigenvalue weighted by Crippen LogP contribution is 2.18. The van der Waals surface area contributed by atoms with Gasteiger partial charge >= 0.3 is 0 Å². The molecule has 0 aromatic heterocycles. The van der Waals surface area contributed by atoms with E-state index in [9.17, 15) is 14.0 Å². The lowest BCUT2D eigenvalue weighted by Crippen LogP contribution is -2.39. The Morgan fingerprint density at radius 2 is 1.78 bits per heavy atom. The highest BCUT2D eigenvalue weighted by Gasteiger charge is 2.15. The zero-order chi connectivity index (χ0) is 20.0. The van der Waals surface area contributed by atoms with Crippen molar-refractivity contribution in [3.63, 3.8) is 0 Å². The molecule has 1 N–H and O–H groups in total. The molecular formula is C21H25FN2O3. The van der Waals surface area contributed by atoms with Crippen LogP contribution in [0.25, 0.3) is 0 Å². The van der Waals surface area contributed by atoms with E-state index in [1.54, 1.807) is 23.1 Å². The lowest BCUT2D eigenvalue weighted by molar-refractivity contribution is -0.130. The first-order valence-electron chi connectivity index (χ1n) is 8.80. The Morgan fingerprint density at radius 3 is 2.33 bits per heavy atom. The fourth-order valence-corrected chi connectivity index (χ4v) is 2.88. The fourth-order valence-electron chi connectivity index (χ4n) is 2.88. The summed E-state index contributed by atoms with van der Waals surface area (Å²) < 4.78 is 18.7. The topological polar surface area (TPSA) is 58.6 Å². The molecule has 2 aromatic carbocycles. The van der Waals surface area contributed by atoms with Crippen LogP contribution in [-0.2, 0) is 11.3 Å². The van der Waals surface area contributed by atoms with Crippen LogP contribution in [0.1, 0.15) is 34.0 Å². The quantitative estimate of drug-likeness (QED) is 0.812. The summed E-state index contributed by atoms with van der Waals surface area (Å²) in [6, 6.07) is 10.1. The van der Waals surface area contributed by atoms with E-state index in [1.165, 1.54) is 19.2 Å². The van der Waals surface area contributed by atoms with Gasteiger partial charge in [-0.1, -0.05) is 23.3 Å². The number of aryl methyl sites for hydroxylation is 2. The molecule has 2 amide bonds. The number of ether oxygens (including phenoxy) is 1. The molecule has 0 fully saturated rings. The molecule has 2 aromatic rings. The molecule has 0 aliphatic heterocycles. The SMILES string of the molecule is CCN(Cc1ccc(OC)c(F)c1)C(=O)CNC(=O)c1cc(C)cc(C)c1. The Balaban J connectivity index is 1.98. The van der Waals surface area contributed by atoms with E-state index in [1.807, 2.05) is 26.8 Å². The van der Waals surface area contributed by atoms with Gasteiger partial charge in [-0.15, -0.1) is 0 Å². The van der Waals surface area contributed by atoms with Gasteiger partial charge in [0.25, 0.3) is 5.91 Å². The molecule has 0 spiro atoms. The predicted octanol–water partition coefficient (Wildman–Crippen LogP) is 3.23. The first kappa shape index (κ1) is 20.4. The molecule has 27 heavy (non-hydrogen) atoms. The van der Waals surface area contributed by atoms with E-state index in [-0.39, 0.29) is 30.7 Å². The standard InChI is InChI=1S/C21H25FN2O3/c1-5-24(13-16-6-7-19(27-4)18(22)11-16)20(25)12-23-21(26)17-9-14(2)8-15(3)10-17/h6-11H,5,12-13H2,1-4H3,(H,23,26). The third kappa shape index (κ3) is 5.54. The van der Waals surface area contributed by atoms with Gasteiger partial charge in [-0.2, -0.15) is 0 Å². The van der Waals surface area contributed by atoms with Crippen LogP contribution in [0.3, 0.4) is 0 Å². The first-order chi connectivity index (χ1) is 12.8. The highest BCUT2D eigenvalue weighted by atomic mass is 19.1. The van der Waals surface area contributed by atoms with E-state index >= 15 is 0 Å². The van der Waals surface area contributed by atoms with Crippen molar-refractivity contribution >= 4 is 11.8 Å². The number of nitrogens with one attached hydrogen (secondary N) is 1. The number of halogens is 1. The van der Waals surface area contributed by atoms with Crippen molar-refractivity contribution in [1.29, 1.82) is 0 Å². The van der Waals surface area contributed by atoms with Gasteiger partial charge in [-0.05, 0) is 50.6 Å². The van der Waals surface area contributed by atoms with Crippen LogP contribution in [0, 0.1) is 19.7 Å². The van der Waals surface area contributed by atoms with Crippen LogP contribution in [-0.4, -0.2) is 36.9 Å². The van der Waals surface area contributed by atoms with Crippen molar-refractivity contribution in [2.45, 2.75) is 27.3 Å². The number of carbonyl (C=O) groups is 2. The maximum absolute atomic E-state index is 13.8. The van der Waals surface area contributed by atoms with E-state index in [2.05, 4.69) is 5.32 Å². The van der Waals surface area contributed by atoms with Crippen LogP contribution in [0.4, 0.5) is 4.39 Å². The van der Waals surface area contributed by atoms with Crippen LogP contribution < -0.4 is 10.1 Å². The molecule has 2 rings (SSSR count). The van der Waals surface area contributed by atoms with Crippen LogP contribution >= 0.6 is 0 Å². The van der Waals surface area contributed by atoms with Gasteiger partial charge in [-0.25, -0.2) is 4.39 Å². The van der Waals surface area contributed by atoms with E-state index < -0.39 is 5.82 Å². The Bertz CT molecular complexity index is 816. The molecule has 0 aliphatic rings. The number of benzene rings is 2. The maximum atomic E-state index is 13.8. The van der Waals surface area contributed by atoms with Crippen molar-refractivity contribution in [3.05, 3.63) is 64.5 Å². The number of hydrogen-bond donors (Lipinski definition) is 1. The normalized spacial score (nSPS) is 10.4. The molecule has 144 valence electrons. The van der Waals surface area contributed by atoms with Gasteiger partial charge in [-0.3, -0.25) is 9.59 Å². The molecule has 5 nitrogen and oxygen atoms in total. The molecule has 0 radical (unpaired) electrons. The predicted molar refractivity (Wildman–Crippen MR) is 102 cm³/mol. The van der Waals surface area contributed by atoms with Gasteiger partial charge in [0.1, 0.15) is 0 Å². The second kappa shape index (κ2) is 9.16. The molecule has 0 heterocycles. The Morgan fingerprint density at radius 1 is 1.11 bits per heavy atom. The third-order valence-corrected chi connectivity index (χ3v) is 4.21. The van der Waals surface area contributed by atoms with Gasteiger partial charge in [0.2, 0.25) is 5.91 Å². The van der Waals surface area contributed by atoms with Gasteiger partial charge in [0.15, 0.2) is 11.6 Å². The number of hydrogen-bond acceptors (Lipinski definition) is 3. The molecule has 0 atom stereocenters. The Labute approximate surface area is 159 Å². The number of nitrogens with zero attached hydrogens (tertiary/aromatic N) is 1. The largest absolute Gasteiger partial charge is 0.494 e. The van der Waals surface area contributed by atoms with Crippen LogP contribution in [0.15, 0.2) is 36.4 Å². The summed E-state index contributed by atoms with van der Waals surface area (Å²) in [6.07, 6.45) is 0. The van der Waals surface area contributed by atoms with E-state index in [4.69, 9.17) is 4.74 Å². The first-order valence-corrected chi connectivity index (χ1v) is 8.80. The summed E-state index contributed by atoms with van der Waals surface area (Å²) >= 11 is 0. The van der Waals surface area contributed by atoms with E-state index in [0.717, 1.165) is 11.1 Å². The zero-order valence-electron chi connectivity index (χ0n) is 16.1. The average molecular weight is 372 g/mol. The van der Waals surface area contributed by atoms with Gasteiger partial charge in [0.05, 0.1) is 13.7 Å². The second-order valence-electron chi connectivity index (χ2n) is 6.44. The number of rotatable bonds is 7. The number of carbonyl (C=O) groups excluding carboxylic acids is 2. The number of amides is 2. The van der Waals surface area contributed by atoms with Crippen LogP contribution in [0.5, 0.6) is 5.75 Å². The van der Waals surface area contributed by atoms with Crippen LogP contribution in [0.2, 0.25) is 0 Å². The molecule has 0 aliphatic carbocycles. The number of methoxy groups -OCH3 is 1. The fraction of sp³-hybridized carbons (Fsp3) is 0.333. The van der Waals surface area contributed by atoms with Crippen molar-refractivity contribution in [2.24, 2.45) is 0 Å². The molecule has 6 heteroatoms. The smallest absolute Gasteiger partial charge is 0.251 e. The lowest BCUT2D eigenvalue weighted by atomic mass is 10.1. The molecule has 0 saturated heterocycles. The molecule has 0 bridgehead atoms. The summed E-state index contributed by atoms with van der Waals surface area (Å²) in [5.74, 6) is -0.830. The highest BCUT2D eigenvalue weighted by molar-refractivity contribution is 5.96. The Kier molecular flexibility index (Phi) is 6.93. The summed E-state index contributed by atoms with van der Waals surface area (Å²) in [7, 11) is 1.40. The average Bonchev–Trinajstić information content (AvgIpc) is 2.63. The van der Waals surface area contributed by atoms with Gasteiger partial charge < -0.3 is 15.0 Å². The monoisotopic (exact) mass is 372 g/mol. The number of likely N-dealkylation sites (N-methyl/N-ethyl adjacent to an activating group) is 1. The summed E-state index contributed by atoms with van der Waals surface area (Å²) in [6.45, 7) is 6.27. The second-order valence-corrected chi connectivity index (χ2v) is 6.44. The minimum absolute atomic E-state index is 0.113. The van der Waals surface area contributed by atoms with Gasteiger partial charge in [0, 0.05) is 18.7 Å². The molecule has 0 saturated carbocycles. The Hall–Kier alpha value is -2.89. The van der Waals surface area contributed by atoms with Crippen molar-refractivity contribution in [2.75, 3.05) is 20.2 Å². The summed E-state index contributed by atoms with van der Waals surface area (Å²) in [4.78, 5) is 26.3. The maximum Gasteiger partial charge on any atom is 0.251 e.